The first-order chi connectivity index (χ1) is 8.38. The largest absolute Gasteiger partial charge is 0.472 e. The first-order valence-corrected chi connectivity index (χ1v) is 7.14. The molecule has 0 saturated heterocycles. The summed E-state index contributed by atoms with van der Waals surface area (Å²) < 4.78 is 5.18. The minimum atomic E-state index is 0.482. The van der Waals surface area contributed by atoms with Gasteiger partial charge in [-0.1, -0.05) is 46.0 Å². The fraction of sp³-hybridized carbons (Fsp3) is 0.733. The topological polar surface area (TPSA) is 25.2 Å². The third-order valence-corrected chi connectivity index (χ3v) is 3.18. The molecule has 0 aliphatic heterocycles. The minimum absolute atomic E-state index is 0.482. The van der Waals surface area contributed by atoms with Crippen LogP contribution in [0.5, 0.6) is 0 Å². The summed E-state index contributed by atoms with van der Waals surface area (Å²) in [5.74, 6) is 0. The summed E-state index contributed by atoms with van der Waals surface area (Å²) in [5.41, 5.74) is 1.30. The van der Waals surface area contributed by atoms with E-state index in [0.717, 1.165) is 6.54 Å². The van der Waals surface area contributed by atoms with Crippen molar-refractivity contribution in [2.24, 2.45) is 0 Å². The Balaban J connectivity index is 2.26. The zero-order chi connectivity index (χ0) is 12.3. The molecule has 1 unspecified atom stereocenters. The van der Waals surface area contributed by atoms with Gasteiger partial charge in [0.05, 0.1) is 12.5 Å². The molecule has 0 aromatic carbocycles. The molecule has 0 spiro atoms. The standard InChI is InChI=1S/C15H27NO/c1-3-5-6-7-8-9-15(16-11-4-2)14-10-12-17-13-14/h10,12-13,15-16H,3-9,11H2,1-2H3. The van der Waals surface area contributed by atoms with E-state index in [2.05, 4.69) is 25.2 Å². The van der Waals surface area contributed by atoms with Crippen LogP contribution < -0.4 is 5.32 Å². The van der Waals surface area contributed by atoms with E-state index in [1.54, 1.807) is 6.26 Å². The molecule has 0 radical (unpaired) electrons. The minimum Gasteiger partial charge on any atom is -0.472 e. The van der Waals surface area contributed by atoms with Gasteiger partial charge in [0.2, 0.25) is 0 Å². The van der Waals surface area contributed by atoms with Crippen molar-refractivity contribution in [2.45, 2.75) is 64.8 Å². The van der Waals surface area contributed by atoms with Crippen LogP contribution in [0.15, 0.2) is 23.0 Å². The molecule has 0 bridgehead atoms. The van der Waals surface area contributed by atoms with Gasteiger partial charge in [0.15, 0.2) is 0 Å². The number of nitrogens with one attached hydrogen (secondary N) is 1. The van der Waals surface area contributed by atoms with Gasteiger partial charge in [0.25, 0.3) is 0 Å². The van der Waals surface area contributed by atoms with Crippen molar-refractivity contribution < 1.29 is 4.42 Å². The van der Waals surface area contributed by atoms with Crippen molar-refractivity contribution in [3.8, 4) is 0 Å². The Morgan fingerprint density at radius 1 is 1.12 bits per heavy atom. The smallest absolute Gasteiger partial charge is 0.0950 e. The van der Waals surface area contributed by atoms with Gasteiger partial charge < -0.3 is 9.73 Å². The molecule has 98 valence electrons. The number of hydrogen-bond acceptors (Lipinski definition) is 2. The van der Waals surface area contributed by atoms with E-state index in [4.69, 9.17) is 4.42 Å². The predicted octanol–water partition coefficient (Wildman–Crippen LogP) is 4.68. The van der Waals surface area contributed by atoms with Gasteiger partial charge in [-0.3, -0.25) is 0 Å². The zero-order valence-electron chi connectivity index (χ0n) is 11.4. The Labute approximate surface area is 106 Å². The lowest BCUT2D eigenvalue weighted by atomic mass is 10.0. The number of furan rings is 1. The van der Waals surface area contributed by atoms with Crippen molar-refractivity contribution in [1.82, 2.24) is 5.32 Å². The van der Waals surface area contributed by atoms with Gasteiger partial charge in [-0.25, -0.2) is 0 Å². The average molecular weight is 237 g/mol. The van der Waals surface area contributed by atoms with Gasteiger partial charge in [-0.15, -0.1) is 0 Å². The van der Waals surface area contributed by atoms with Crippen molar-refractivity contribution in [3.05, 3.63) is 24.2 Å². The van der Waals surface area contributed by atoms with Gasteiger partial charge in [0.1, 0.15) is 0 Å². The van der Waals surface area contributed by atoms with E-state index in [1.807, 2.05) is 6.26 Å². The number of rotatable bonds is 10. The number of unbranched alkanes of at least 4 members (excludes halogenated alkanes) is 4. The molecular weight excluding hydrogens is 210 g/mol. The lowest BCUT2D eigenvalue weighted by Crippen LogP contribution is -2.21. The molecular formula is C15H27NO. The highest BCUT2D eigenvalue weighted by atomic mass is 16.3. The average Bonchev–Trinajstić information content (AvgIpc) is 2.86. The van der Waals surface area contributed by atoms with Crippen molar-refractivity contribution in [1.29, 1.82) is 0 Å². The van der Waals surface area contributed by atoms with Gasteiger partial charge in [-0.2, -0.15) is 0 Å². The van der Waals surface area contributed by atoms with Crippen LogP contribution in [0.25, 0.3) is 0 Å². The molecule has 0 aliphatic rings. The predicted molar refractivity (Wildman–Crippen MR) is 73.1 cm³/mol. The third-order valence-electron chi connectivity index (χ3n) is 3.18. The highest BCUT2D eigenvalue weighted by molar-refractivity contribution is 5.11. The molecule has 1 N–H and O–H groups in total. The molecule has 0 saturated carbocycles. The monoisotopic (exact) mass is 237 g/mol. The highest BCUT2D eigenvalue weighted by Crippen LogP contribution is 2.20. The van der Waals surface area contributed by atoms with E-state index in [9.17, 15) is 0 Å². The number of hydrogen-bond donors (Lipinski definition) is 1. The maximum absolute atomic E-state index is 5.18. The Morgan fingerprint density at radius 3 is 2.59 bits per heavy atom. The van der Waals surface area contributed by atoms with Crippen LogP contribution in [0.1, 0.15) is 70.4 Å². The summed E-state index contributed by atoms with van der Waals surface area (Å²) >= 11 is 0. The van der Waals surface area contributed by atoms with E-state index >= 15 is 0 Å². The van der Waals surface area contributed by atoms with E-state index in [-0.39, 0.29) is 0 Å². The van der Waals surface area contributed by atoms with Crippen molar-refractivity contribution in [3.63, 3.8) is 0 Å². The van der Waals surface area contributed by atoms with Crippen LogP contribution in [0.3, 0.4) is 0 Å². The van der Waals surface area contributed by atoms with Crippen molar-refractivity contribution in [2.75, 3.05) is 6.54 Å². The Bertz CT molecular complexity index is 256. The van der Waals surface area contributed by atoms with Crippen molar-refractivity contribution >= 4 is 0 Å². The van der Waals surface area contributed by atoms with Crippen LogP contribution in [-0.4, -0.2) is 6.54 Å². The maximum atomic E-state index is 5.18. The Hall–Kier alpha value is -0.760. The zero-order valence-corrected chi connectivity index (χ0v) is 11.4. The summed E-state index contributed by atoms with van der Waals surface area (Å²) in [6.45, 7) is 5.56. The van der Waals surface area contributed by atoms with E-state index < -0.39 is 0 Å². The molecule has 1 atom stereocenters. The van der Waals surface area contributed by atoms with Crippen LogP contribution in [0, 0.1) is 0 Å². The quantitative estimate of drug-likeness (QED) is 0.598. The van der Waals surface area contributed by atoms with Crippen LogP contribution in [0.4, 0.5) is 0 Å². The summed E-state index contributed by atoms with van der Waals surface area (Å²) in [7, 11) is 0. The molecule has 2 nitrogen and oxygen atoms in total. The summed E-state index contributed by atoms with van der Waals surface area (Å²) in [4.78, 5) is 0. The fourth-order valence-corrected chi connectivity index (χ4v) is 2.13. The fourth-order valence-electron chi connectivity index (χ4n) is 2.13. The molecule has 1 aromatic rings. The second kappa shape index (κ2) is 9.29. The molecule has 1 heterocycles. The summed E-state index contributed by atoms with van der Waals surface area (Å²) in [6.07, 6.45) is 12.8. The van der Waals surface area contributed by atoms with Gasteiger partial charge in [0, 0.05) is 11.6 Å². The van der Waals surface area contributed by atoms with Crippen LogP contribution in [-0.2, 0) is 0 Å². The van der Waals surface area contributed by atoms with E-state index in [0.29, 0.717) is 6.04 Å². The molecule has 1 rings (SSSR count). The summed E-state index contributed by atoms with van der Waals surface area (Å²) in [6, 6.07) is 2.56. The second-order valence-corrected chi connectivity index (χ2v) is 4.77. The summed E-state index contributed by atoms with van der Waals surface area (Å²) in [5, 5.41) is 3.60. The highest BCUT2D eigenvalue weighted by Gasteiger charge is 2.10. The second-order valence-electron chi connectivity index (χ2n) is 4.77. The van der Waals surface area contributed by atoms with Gasteiger partial charge in [-0.05, 0) is 25.5 Å². The van der Waals surface area contributed by atoms with Crippen LogP contribution >= 0.6 is 0 Å². The molecule has 0 fully saturated rings. The normalized spacial score (nSPS) is 12.8. The SMILES string of the molecule is CCCCCCCC(NCCC)c1ccoc1. The molecule has 2 heteroatoms. The van der Waals surface area contributed by atoms with E-state index in [1.165, 1.54) is 50.5 Å². The Morgan fingerprint density at radius 2 is 1.94 bits per heavy atom. The third kappa shape index (κ3) is 5.92. The lowest BCUT2D eigenvalue weighted by molar-refractivity contribution is 0.461. The first-order valence-electron chi connectivity index (χ1n) is 7.14. The first kappa shape index (κ1) is 14.3. The maximum Gasteiger partial charge on any atom is 0.0950 e. The van der Waals surface area contributed by atoms with Gasteiger partial charge >= 0.3 is 0 Å². The van der Waals surface area contributed by atoms with Crippen LogP contribution in [0.2, 0.25) is 0 Å². The molecule has 0 aliphatic carbocycles. The molecule has 0 amide bonds. The molecule has 1 aromatic heterocycles. The molecule has 17 heavy (non-hydrogen) atoms. The Kier molecular flexibility index (Phi) is 7.81. The lowest BCUT2D eigenvalue weighted by Gasteiger charge is -2.16.